The number of H-pyrrole nitrogens is 1. The largest absolute Gasteiger partial charge is 0.457 e. The number of aromatic nitrogens is 1. The van der Waals surface area contributed by atoms with Gasteiger partial charge in [-0.15, -0.1) is 0 Å². The highest BCUT2D eigenvalue weighted by Gasteiger charge is 2.31. The second-order valence-corrected chi connectivity index (χ2v) is 9.25. The van der Waals surface area contributed by atoms with Crippen molar-refractivity contribution in [3.8, 4) is 11.5 Å². The van der Waals surface area contributed by atoms with Gasteiger partial charge in [-0.05, 0) is 67.9 Å². The Balaban J connectivity index is 1.76. The van der Waals surface area contributed by atoms with Crippen LogP contribution >= 0.6 is 0 Å². The molecule has 0 amide bonds. The minimum atomic E-state index is -4.55. The SMILES string of the molecule is Cc1c[c]c(N)c(C)c1Oc1ccc2[nH]cc(S(=O)(=O)c3ccc(C(F)(F)F)cc3)c2c1. The van der Waals surface area contributed by atoms with Gasteiger partial charge < -0.3 is 15.5 Å². The van der Waals surface area contributed by atoms with Crippen molar-refractivity contribution in [2.75, 3.05) is 5.73 Å². The van der Waals surface area contributed by atoms with Crippen LogP contribution in [0, 0.1) is 19.9 Å². The molecule has 0 spiro atoms. The maximum Gasteiger partial charge on any atom is 0.416 e. The van der Waals surface area contributed by atoms with Crippen LogP contribution in [0.3, 0.4) is 0 Å². The Hall–Kier alpha value is -3.46. The van der Waals surface area contributed by atoms with Crippen LogP contribution in [0.5, 0.6) is 11.5 Å². The van der Waals surface area contributed by atoms with Crippen LogP contribution in [0.15, 0.2) is 64.5 Å². The standard InChI is InChI=1S/C23H18F3N2O3S/c1-13-3-9-19(27)14(2)22(13)31-16-6-10-20-18(11-16)21(12-28-20)32(29,30)17-7-4-15(5-8-17)23(24,25)26/h3-8,10-12,28H,27H2,1-2H3. The maximum atomic E-state index is 13.1. The number of ether oxygens (including phenoxy) is 1. The third kappa shape index (κ3) is 3.80. The summed E-state index contributed by atoms with van der Waals surface area (Å²) >= 11 is 0. The molecule has 4 rings (SSSR count). The first-order valence-electron chi connectivity index (χ1n) is 9.47. The van der Waals surface area contributed by atoms with Crippen LogP contribution in [0.25, 0.3) is 10.9 Å². The molecule has 0 aliphatic rings. The van der Waals surface area contributed by atoms with Crippen LogP contribution in [0.2, 0.25) is 0 Å². The van der Waals surface area contributed by atoms with E-state index >= 15 is 0 Å². The van der Waals surface area contributed by atoms with Crippen LogP contribution in [0.1, 0.15) is 16.7 Å². The van der Waals surface area contributed by atoms with Gasteiger partial charge in [-0.3, -0.25) is 0 Å². The van der Waals surface area contributed by atoms with Gasteiger partial charge in [-0.1, -0.05) is 0 Å². The molecule has 0 unspecified atom stereocenters. The van der Waals surface area contributed by atoms with Crippen LogP contribution in [0.4, 0.5) is 18.9 Å². The fourth-order valence-corrected chi connectivity index (χ4v) is 4.78. The summed E-state index contributed by atoms with van der Waals surface area (Å²) in [6, 6.07) is 12.9. The Morgan fingerprint density at radius 1 is 1.06 bits per heavy atom. The molecule has 4 aromatic rings. The number of sulfone groups is 1. The maximum absolute atomic E-state index is 13.1. The molecule has 1 heterocycles. The molecule has 1 radical (unpaired) electrons. The van der Waals surface area contributed by atoms with E-state index in [1.807, 2.05) is 6.92 Å². The fraction of sp³-hybridized carbons (Fsp3) is 0.130. The number of alkyl halides is 3. The molecule has 3 N–H and O–H groups in total. The van der Waals surface area contributed by atoms with E-state index in [0.717, 1.165) is 29.8 Å². The van der Waals surface area contributed by atoms with E-state index in [2.05, 4.69) is 11.1 Å². The van der Waals surface area contributed by atoms with Crippen molar-refractivity contribution < 1.29 is 26.3 Å². The summed E-state index contributed by atoms with van der Waals surface area (Å²) in [7, 11) is -4.08. The second kappa shape index (κ2) is 7.59. The van der Waals surface area contributed by atoms with Crippen molar-refractivity contribution in [1.82, 2.24) is 4.98 Å². The summed E-state index contributed by atoms with van der Waals surface area (Å²) in [6.45, 7) is 3.64. The number of halogens is 3. The van der Waals surface area contributed by atoms with Crippen molar-refractivity contribution >= 4 is 26.4 Å². The first kappa shape index (κ1) is 21.8. The lowest BCUT2D eigenvalue weighted by Gasteiger charge is -2.13. The Morgan fingerprint density at radius 3 is 2.41 bits per heavy atom. The van der Waals surface area contributed by atoms with Gasteiger partial charge in [0.2, 0.25) is 9.84 Å². The molecule has 0 saturated carbocycles. The number of nitrogens with two attached hydrogens (primary N) is 1. The minimum Gasteiger partial charge on any atom is -0.457 e. The molecule has 0 bridgehead atoms. The average Bonchev–Trinajstić information content (AvgIpc) is 3.17. The van der Waals surface area contributed by atoms with Gasteiger partial charge in [-0.25, -0.2) is 8.42 Å². The van der Waals surface area contributed by atoms with Crippen LogP contribution in [-0.2, 0) is 16.0 Å². The number of nitrogens with one attached hydrogen (secondary N) is 1. The zero-order chi connectivity index (χ0) is 23.3. The van der Waals surface area contributed by atoms with E-state index in [9.17, 15) is 21.6 Å². The lowest BCUT2D eigenvalue weighted by atomic mass is 10.1. The zero-order valence-electron chi connectivity index (χ0n) is 17.0. The molecule has 1 aromatic heterocycles. The number of benzene rings is 3. The molecule has 165 valence electrons. The molecular weight excluding hydrogens is 441 g/mol. The van der Waals surface area contributed by atoms with Crippen molar-refractivity contribution in [2.45, 2.75) is 29.8 Å². The van der Waals surface area contributed by atoms with E-state index in [4.69, 9.17) is 10.5 Å². The molecule has 32 heavy (non-hydrogen) atoms. The van der Waals surface area contributed by atoms with Crippen LogP contribution in [-0.4, -0.2) is 13.4 Å². The number of anilines is 1. The number of fused-ring (bicyclic) bond motifs is 1. The van der Waals surface area contributed by atoms with E-state index in [1.54, 1.807) is 31.2 Å². The van der Waals surface area contributed by atoms with Crippen molar-refractivity contribution in [1.29, 1.82) is 0 Å². The number of rotatable bonds is 4. The Labute approximate surface area is 182 Å². The van der Waals surface area contributed by atoms with E-state index < -0.39 is 21.6 Å². The summed E-state index contributed by atoms with van der Waals surface area (Å²) in [5.74, 6) is 0.932. The Kier molecular flexibility index (Phi) is 5.16. The zero-order valence-corrected chi connectivity index (χ0v) is 17.9. The van der Waals surface area contributed by atoms with Gasteiger partial charge in [-0.2, -0.15) is 13.2 Å². The number of aromatic amines is 1. The molecule has 0 fully saturated rings. The molecule has 5 nitrogen and oxygen atoms in total. The van der Waals surface area contributed by atoms with E-state index in [0.29, 0.717) is 33.7 Å². The van der Waals surface area contributed by atoms with Gasteiger partial charge in [0, 0.05) is 34.4 Å². The summed E-state index contributed by atoms with van der Waals surface area (Å²) in [6.07, 6.45) is -3.24. The van der Waals surface area contributed by atoms with Crippen LogP contribution < -0.4 is 10.5 Å². The Morgan fingerprint density at radius 2 is 1.75 bits per heavy atom. The predicted molar refractivity (Wildman–Crippen MR) is 114 cm³/mol. The first-order chi connectivity index (χ1) is 15.0. The number of aryl methyl sites for hydroxylation is 1. The second-order valence-electron chi connectivity index (χ2n) is 7.33. The van der Waals surface area contributed by atoms with Gasteiger partial charge in [0.1, 0.15) is 11.5 Å². The summed E-state index contributed by atoms with van der Waals surface area (Å²) in [5, 5.41) is 0.355. The summed E-state index contributed by atoms with van der Waals surface area (Å²) < 4.78 is 70.7. The summed E-state index contributed by atoms with van der Waals surface area (Å²) in [4.78, 5) is 2.58. The lowest BCUT2D eigenvalue weighted by molar-refractivity contribution is -0.137. The molecule has 3 aromatic carbocycles. The molecular formula is C23H18F3N2O3S. The van der Waals surface area contributed by atoms with Crippen molar-refractivity contribution in [2.24, 2.45) is 0 Å². The quantitative estimate of drug-likeness (QED) is 0.377. The highest BCUT2D eigenvalue weighted by molar-refractivity contribution is 7.91. The van der Waals surface area contributed by atoms with Gasteiger partial charge >= 0.3 is 6.18 Å². The van der Waals surface area contributed by atoms with Gasteiger partial charge in [0.25, 0.3) is 0 Å². The minimum absolute atomic E-state index is 0.0629. The van der Waals surface area contributed by atoms with Crippen molar-refractivity contribution in [3.63, 3.8) is 0 Å². The predicted octanol–water partition coefficient (Wildman–Crippen LogP) is 5.81. The topological polar surface area (TPSA) is 85.2 Å². The average molecular weight is 459 g/mol. The molecule has 0 aliphatic heterocycles. The molecule has 0 saturated heterocycles. The van der Waals surface area contributed by atoms with Gasteiger partial charge in [0.05, 0.1) is 15.4 Å². The number of nitrogen functional groups attached to an aromatic ring is 1. The molecule has 0 atom stereocenters. The number of hydrogen-bond acceptors (Lipinski definition) is 4. The molecule has 0 aliphatic carbocycles. The third-order valence-electron chi connectivity index (χ3n) is 5.16. The smallest absolute Gasteiger partial charge is 0.416 e. The monoisotopic (exact) mass is 459 g/mol. The van der Waals surface area contributed by atoms with Crippen molar-refractivity contribution in [3.05, 3.63) is 77.5 Å². The lowest BCUT2D eigenvalue weighted by Crippen LogP contribution is -2.06. The highest BCUT2D eigenvalue weighted by Crippen LogP contribution is 2.36. The highest BCUT2D eigenvalue weighted by atomic mass is 32.2. The number of hydrogen-bond donors (Lipinski definition) is 2. The Bertz CT molecular complexity index is 1420. The summed E-state index contributed by atoms with van der Waals surface area (Å²) in [5.41, 5.74) is 7.49. The first-order valence-corrected chi connectivity index (χ1v) is 11.0. The normalized spacial score (nSPS) is 12.3. The van der Waals surface area contributed by atoms with E-state index in [-0.39, 0.29) is 9.79 Å². The van der Waals surface area contributed by atoms with Gasteiger partial charge in [0.15, 0.2) is 0 Å². The van der Waals surface area contributed by atoms with E-state index in [1.165, 1.54) is 6.20 Å². The fourth-order valence-electron chi connectivity index (χ4n) is 3.36. The molecule has 9 heteroatoms. The third-order valence-corrected chi connectivity index (χ3v) is 6.97.